The molecule has 1 aliphatic rings. The Morgan fingerprint density at radius 2 is 1.69 bits per heavy atom. The van der Waals surface area contributed by atoms with E-state index in [1.54, 1.807) is 0 Å². The summed E-state index contributed by atoms with van der Waals surface area (Å²) in [6, 6.07) is 28.6. The molecule has 0 bridgehead atoms. The number of nitrogens with zero attached hydrogens (tertiary/aromatic N) is 4. The maximum Gasteiger partial charge on any atom is 0.322 e. The van der Waals surface area contributed by atoms with E-state index in [2.05, 4.69) is 85.4 Å². The number of hydrogen-bond acceptors (Lipinski definition) is 2. The van der Waals surface area contributed by atoms with Gasteiger partial charge in [0, 0.05) is 17.4 Å². The topological polar surface area (TPSA) is 55.1 Å². The van der Waals surface area contributed by atoms with Crippen molar-refractivity contribution in [2.45, 2.75) is 46.7 Å². The van der Waals surface area contributed by atoms with E-state index in [1.165, 1.54) is 11.1 Å². The number of nitrogens with one attached hydrogen (secondary N) is 1. The van der Waals surface area contributed by atoms with Crippen molar-refractivity contribution in [3.63, 3.8) is 0 Å². The molecule has 3 heterocycles. The van der Waals surface area contributed by atoms with Gasteiger partial charge in [-0.3, -0.25) is 0 Å². The molecular weight excluding hydrogens is 482 g/mol. The first-order chi connectivity index (χ1) is 18.9. The summed E-state index contributed by atoms with van der Waals surface area (Å²) < 4.78 is 4.19. The Morgan fingerprint density at radius 3 is 2.41 bits per heavy atom. The van der Waals surface area contributed by atoms with Gasteiger partial charge in [-0.05, 0) is 85.8 Å². The van der Waals surface area contributed by atoms with Crippen LogP contribution in [0.25, 0.3) is 11.5 Å². The minimum Gasteiger partial charge on any atom is -0.308 e. The van der Waals surface area contributed by atoms with Crippen molar-refractivity contribution in [3.05, 3.63) is 130 Å². The second kappa shape index (κ2) is 9.95. The normalized spacial score (nSPS) is 14.5. The van der Waals surface area contributed by atoms with E-state index in [0.717, 1.165) is 51.7 Å². The molecule has 0 fully saturated rings. The Morgan fingerprint density at radius 1 is 0.923 bits per heavy atom. The monoisotopic (exact) mass is 515 g/mol. The van der Waals surface area contributed by atoms with Crippen LogP contribution in [0.15, 0.2) is 91.1 Å². The van der Waals surface area contributed by atoms with Gasteiger partial charge in [0.05, 0.1) is 29.7 Å². The number of aromatic nitrogens is 3. The number of para-hydroxylation sites is 1. The third kappa shape index (κ3) is 4.42. The van der Waals surface area contributed by atoms with E-state index in [9.17, 15) is 4.79 Å². The molecule has 0 spiro atoms. The molecule has 2 amide bonds. The molecule has 1 atom stereocenters. The third-order valence-corrected chi connectivity index (χ3v) is 7.81. The first kappa shape index (κ1) is 24.7. The number of amides is 2. The fourth-order valence-corrected chi connectivity index (χ4v) is 5.45. The van der Waals surface area contributed by atoms with E-state index in [0.29, 0.717) is 6.54 Å². The van der Waals surface area contributed by atoms with E-state index in [1.807, 2.05) is 52.9 Å². The summed E-state index contributed by atoms with van der Waals surface area (Å²) in [5, 5.41) is 8.13. The molecule has 0 saturated carbocycles. The van der Waals surface area contributed by atoms with Gasteiger partial charge >= 0.3 is 6.03 Å². The number of anilines is 1. The fraction of sp³-hybridized carbons (Fsp3) is 0.212. The average molecular weight is 516 g/mol. The van der Waals surface area contributed by atoms with Gasteiger partial charge in [0.1, 0.15) is 5.82 Å². The van der Waals surface area contributed by atoms with Crippen LogP contribution in [0.4, 0.5) is 10.5 Å². The molecule has 0 unspecified atom stereocenters. The van der Waals surface area contributed by atoms with Crippen molar-refractivity contribution in [2.24, 2.45) is 0 Å². The molecule has 6 rings (SSSR count). The molecule has 3 aromatic carbocycles. The highest BCUT2D eigenvalue weighted by Crippen LogP contribution is 2.39. The summed E-state index contributed by atoms with van der Waals surface area (Å²) in [4.78, 5) is 16.1. The number of benzene rings is 3. The van der Waals surface area contributed by atoms with E-state index in [-0.39, 0.29) is 12.1 Å². The van der Waals surface area contributed by atoms with Gasteiger partial charge < -0.3 is 14.8 Å². The number of rotatable bonds is 4. The van der Waals surface area contributed by atoms with Crippen LogP contribution < -0.4 is 5.32 Å². The van der Waals surface area contributed by atoms with Gasteiger partial charge in [-0.2, -0.15) is 5.10 Å². The highest BCUT2D eigenvalue weighted by atomic mass is 16.2. The van der Waals surface area contributed by atoms with E-state index >= 15 is 0 Å². The van der Waals surface area contributed by atoms with Crippen LogP contribution in [-0.4, -0.2) is 25.3 Å². The van der Waals surface area contributed by atoms with Crippen LogP contribution in [0.5, 0.6) is 0 Å². The highest BCUT2D eigenvalue weighted by molar-refractivity contribution is 5.90. The summed E-state index contributed by atoms with van der Waals surface area (Å²) in [5.41, 5.74) is 9.41. The standard InChI is InChI=1S/C33H33N5O/c1-5-25-14-16-26(17-15-25)31-30-12-9-19-36(30)32-29(24(4)35-38(32)28-10-7-6-8-11-28)21-37(31)33(39)34-27-18-13-22(2)23(3)20-27/h6-20,31H,5,21H2,1-4H3,(H,34,39)/t31-/m1/s1. The van der Waals surface area contributed by atoms with E-state index < -0.39 is 0 Å². The van der Waals surface area contributed by atoms with Gasteiger partial charge in [0.2, 0.25) is 0 Å². The maximum absolute atomic E-state index is 14.1. The van der Waals surface area contributed by atoms with Crippen LogP contribution in [0.1, 0.15) is 52.2 Å². The molecule has 0 saturated heterocycles. The lowest BCUT2D eigenvalue weighted by atomic mass is 9.99. The smallest absolute Gasteiger partial charge is 0.308 e. The zero-order valence-electron chi connectivity index (χ0n) is 22.8. The van der Waals surface area contributed by atoms with Gasteiger partial charge in [0.15, 0.2) is 0 Å². The number of fused-ring (bicyclic) bond motifs is 3. The summed E-state index contributed by atoms with van der Waals surface area (Å²) in [6.07, 6.45) is 3.04. The molecule has 0 radical (unpaired) electrons. The minimum absolute atomic E-state index is 0.143. The zero-order chi connectivity index (χ0) is 27.1. The SMILES string of the molecule is CCc1ccc([C@@H]2c3cccn3-c3c(c(C)nn3-c3ccccc3)CN2C(=O)Nc2ccc(C)c(C)c2)cc1. The maximum atomic E-state index is 14.1. The van der Waals surface area contributed by atoms with Gasteiger partial charge in [0.25, 0.3) is 0 Å². The molecular formula is C33H33N5O. The lowest BCUT2D eigenvalue weighted by Gasteiger charge is -2.31. The van der Waals surface area contributed by atoms with Gasteiger partial charge in [-0.1, -0.05) is 55.5 Å². The van der Waals surface area contributed by atoms with Crippen molar-refractivity contribution in [1.29, 1.82) is 0 Å². The third-order valence-electron chi connectivity index (χ3n) is 7.81. The minimum atomic E-state index is -0.284. The molecule has 196 valence electrons. The lowest BCUT2D eigenvalue weighted by molar-refractivity contribution is 0.194. The Bertz CT molecular complexity index is 1650. The van der Waals surface area contributed by atoms with E-state index in [4.69, 9.17) is 5.10 Å². The van der Waals surface area contributed by atoms with Gasteiger partial charge in [-0.25, -0.2) is 9.48 Å². The summed E-state index contributed by atoms with van der Waals surface area (Å²) in [5.74, 6) is 0.968. The first-order valence-electron chi connectivity index (χ1n) is 13.5. The number of carbonyl (C=O) groups excluding carboxylic acids is 1. The van der Waals surface area contributed by atoms with Gasteiger partial charge in [-0.15, -0.1) is 0 Å². The predicted molar refractivity (Wildman–Crippen MR) is 156 cm³/mol. The zero-order valence-corrected chi connectivity index (χ0v) is 22.8. The summed E-state index contributed by atoms with van der Waals surface area (Å²) >= 11 is 0. The Hall–Kier alpha value is -4.58. The molecule has 0 aliphatic carbocycles. The van der Waals surface area contributed by atoms with Crippen LogP contribution in [0.3, 0.4) is 0 Å². The van der Waals surface area contributed by atoms with Crippen molar-refractivity contribution in [1.82, 2.24) is 19.2 Å². The molecule has 6 nitrogen and oxygen atoms in total. The van der Waals surface area contributed by atoms with Crippen molar-refractivity contribution in [2.75, 3.05) is 5.32 Å². The Labute approximate surface area is 229 Å². The van der Waals surface area contributed by atoms with Crippen LogP contribution in [-0.2, 0) is 13.0 Å². The number of aryl methyl sites for hydroxylation is 4. The van der Waals surface area contributed by atoms with Crippen LogP contribution in [0, 0.1) is 20.8 Å². The quantitative estimate of drug-likeness (QED) is 0.273. The molecule has 6 heteroatoms. The Kier molecular flexibility index (Phi) is 6.31. The van der Waals surface area contributed by atoms with Crippen molar-refractivity contribution < 1.29 is 4.79 Å². The summed E-state index contributed by atoms with van der Waals surface area (Å²) in [7, 11) is 0. The largest absolute Gasteiger partial charge is 0.322 e. The van der Waals surface area contributed by atoms with Crippen molar-refractivity contribution >= 4 is 11.7 Å². The Balaban J connectivity index is 1.52. The lowest BCUT2D eigenvalue weighted by Crippen LogP contribution is -2.38. The molecule has 2 aromatic heterocycles. The first-order valence-corrected chi connectivity index (χ1v) is 13.5. The number of urea groups is 1. The second-order valence-electron chi connectivity index (χ2n) is 10.3. The fourth-order valence-electron chi connectivity index (χ4n) is 5.45. The predicted octanol–water partition coefficient (Wildman–Crippen LogP) is 7.29. The van der Waals surface area contributed by atoms with Crippen molar-refractivity contribution in [3.8, 4) is 11.5 Å². The highest BCUT2D eigenvalue weighted by Gasteiger charge is 2.36. The second-order valence-corrected chi connectivity index (χ2v) is 10.3. The number of carbonyl (C=O) groups is 1. The molecule has 1 aliphatic heterocycles. The molecule has 5 aromatic rings. The molecule has 1 N–H and O–H groups in total. The van der Waals surface area contributed by atoms with Crippen LogP contribution >= 0.6 is 0 Å². The van der Waals surface area contributed by atoms with Crippen LogP contribution in [0.2, 0.25) is 0 Å². The number of hydrogen-bond donors (Lipinski definition) is 1. The molecule has 39 heavy (non-hydrogen) atoms. The average Bonchev–Trinajstić information content (AvgIpc) is 3.51. The summed E-state index contributed by atoms with van der Waals surface area (Å²) in [6.45, 7) is 8.75.